The molecular formula is C53H66N4O12S. The highest BCUT2D eigenvalue weighted by Gasteiger charge is 2.66. The van der Waals surface area contributed by atoms with Crippen LogP contribution >= 0.6 is 0 Å². The van der Waals surface area contributed by atoms with Crippen LogP contribution in [0.4, 0.5) is 10.5 Å². The van der Waals surface area contributed by atoms with Crippen molar-refractivity contribution in [1.82, 2.24) is 9.29 Å². The SMILES string of the molecule is C=CCOC12Oc3ccc(OC(=O)Nc4ccc(OC)cc4OC)cc3C3C(CCCCO)C(CCCCO)C=C(C(=NOC4CCCCO4)CC1N(CCC)S(=O)(=O)c1cccc4cccnc14)C32. The summed E-state index contributed by atoms with van der Waals surface area (Å²) in [5, 5.41) is 28.5. The lowest BCUT2D eigenvalue weighted by Gasteiger charge is -2.59. The number of nitrogens with one attached hydrogen (secondary N) is 1. The van der Waals surface area contributed by atoms with Crippen molar-refractivity contribution < 1.29 is 56.7 Å². The van der Waals surface area contributed by atoms with E-state index < -0.39 is 46.1 Å². The van der Waals surface area contributed by atoms with Crippen LogP contribution in [-0.2, 0) is 24.3 Å². The van der Waals surface area contributed by atoms with Gasteiger partial charge in [-0.05, 0) is 105 Å². The number of ether oxygens (including phenoxy) is 6. The first-order valence-corrected chi connectivity index (χ1v) is 26.0. The van der Waals surface area contributed by atoms with E-state index in [4.69, 9.17) is 38.4 Å². The molecule has 1 aromatic heterocycles. The Hall–Kier alpha value is -5.56. The van der Waals surface area contributed by atoms with E-state index in [9.17, 15) is 15.0 Å². The van der Waals surface area contributed by atoms with Crippen molar-refractivity contribution in [2.75, 3.05) is 52.5 Å². The van der Waals surface area contributed by atoms with Crippen molar-refractivity contribution in [2.45, 2.75) is 106 Å². The molecule has 0 bridgehead atoms. The van der Waals surface area contributed by atoms with Gasteiger partial charge in [-0.3, -0.25) is 10.3 Å². The molecule has 3 aromatic carbocycles. The van der Waals surface area contributed by atoms with Crippen LogP contribution in [-0.4, -0.2) is 105 Å². The first-order chi connectivity index (χ1) is 34.1. The summed E-state index contributed by atoms with van der Waals surface area (Å²) in [4.78, 5) is 24.6. The number of benzene rings is 3. The van der Waals surface area contributed by atoms with E-state index in [1.807, 2.05) is 25.1 Å². The van der Waals surface area contributed by atoms with Crippen molar-refractivity contribution >= 4 is 38.4 Å². The van der Waals surface area contributed by atoms with Gasteiger partial charge in [-0.15, -0.1) is 6.58 Å². The van der Waals surface area contributed by atoms with Crippen LogP contribution in [0.3, 0.4) is 0 Å². The first-order valence-electron chi connectivity index (χ1n) is 24.5. The quantitative estimate of drug-likeness (QED) is 0.0383. The smallest absolute Gasteiger partial charge is 0.417 e. The second-order valence-electron chi connectivity index (χ2n) is 18.2. The fourth-order valence-electron chi connectivity index (χ4n) is 10.8. The Balaban J connectivity index is 1.32. The summed E-state index contributed by atoms with van der Waals surface area (Å²) in [6.07, 6.45) is 11.1. The molecule has 1 amide bonds. The van der Waals surface area contributed by atoms with Crippen molar-refractivity contribution in [3.05, 3.63) is 103 Å². The van der Waals surface area contributed by atoms with Crippen LogP contribution in [0, 0.1) is 17.8 Å². The van der Waals surface area contributed by atoms with Gasteiger partial charge in [-0.1, -0.05) is 55.3 Å². The number of anilines is 1. The molecule has 2 aliphatic carbocycles. The number of para-hydroxylation sites is 1. The normalized spacial score (nSPS) is 24.5. The van der Waals surface area contributed by atoms with E-state index in [1.54, 1.807) is 67.9 Å². The van der Waals surface area contributed by atoms with Crippen LogP contribution in [0.2, 0.25) is 0 Å². The number of hydrogen-bond acceptors (Lipinski definition) is 14. The molecule has 7 unspecified atom stereocenters. The summed E-state index contributed by atoms with van der Waals surface area (Å²) in [7, 11) is -1.33. The van der Waals surface area contributed by atoms with Crippen LogP contribution in [0.25, 0.3) is 10.9 Å². The number of allylic oxidation sites excluding steroid dienone is 1. The van der Waals surface area contributed by atoms with Gasteiger partial charge in [-0.25, -0.2) is 13.2 Å². The summed E-state index contributed by atoms with van der Waals surface area (Å²) >= 11 is 0. The van der Waals surface area contributed by atoms with E-state index in [0.717, 1.165) is 36.8 Å². The second-order valence-corrected chi connectivity index (χ2v) is 20.1. The zero-order valence-corrected chi connectivity index (χ0v) is 41.1. The van der Waals surface area contributed by atoms with Crippen molar-refractivity contribution in [3.8, 4) is 23.0 Å². The minimum absolute atomic E-state index is 0.0154. The van der Waals surface area contributed by atoms with Crippen molar-refractivity contribution in [3.63, 3.8) is 0 Å². The Morgan fingerprint density at radius 3 is 2.54 bits per heavy atom. The number of pyridine rings is 1. The second kappa shape index (κ2) is 23.1. The van der Waals surface area contributed by atoms with Crippen molar-refractivity contribution in [2.24, 2.45) is 22.9 Å². The molecule has 16 nitrogen and oxygen atoms in total. The summed E-state index contributed by atoms with van der Waals surface area (Å²) in [6, 6.07) is 18.0. The Bertz CT molecular complexity index is 2630. The number of aromatic nitrogens is 1. The highest BCUT2D eigenvalue weighted by atomic mass is 32.2. The Kier molecular flexibility index (Phi) is 16.8. The minimum atomic E-state index is -4.36. The zero-order chi connectivity index (χ0) is 49.3. The molecule has 2 aliphatic heterocycles. The van der Waals surface area contributed by atoms with E-state index in [1.165, 1.54) is 11.4 Å². The van der Waals surface area contributed by atoms with Crippen LogP contribution in [0.15, 0.2) is 107 Å². The average molecular weight is 983 g/mol. The highest BCUT2D eigenvalue weighted by molar-refractivity contribution is 7.89. The standard InChI is InChI=1S/C53H66N4O12S/c1-5-26-57(70(61,62)46-19-13-16-35-17-14-25-54-51(35)46)47-34-43(56-69-48-20-9-12-30-65-48)40-31-36(15-7-10-27-58)39(18-8-11-28-59)49-41-32-38(22-24-44(41)68-53(47,50(40)49)66-29-6-2)67-52(60)55-42-23-21-37(63-3)33-45(42)64-4/h6,13-14,16-17,19,21-25,31-33,36,39,47-50,58-59H,2,5,7-12,15,18,20,26-30,34H2,1,3-4H3,(H,55,60). The number of methoxy groups -OCH3 is 2. The number of carbonyl (C=O) groups excluding carboxylic acids is 1. The van der Waals surface area contributed by atoms with Gasteiger partial charge in [0.15, 0.2) is 0 Å². The topological polar surface area (TPSA) is 197 Å². The van der Waals surface area contributed by atoms with Gasteiger partial charge in [0.1, 0.15) is 27.9 Å². The van der Waals surface area contributed by atoms with E-state index in [2.05, 4.69) is 23.0 Å². The summed E-state index contributed by atoms with van der Waals surface area (Å²) in [5.41, 5.74) is 2.81. The van der Waals surface area contributed by atoms with Gasteiger partial charge in [0.05, 0.1) is 56.3 Å². The molecule has 376 valence electrons. The molecule has 8 rings (SSSR count). The summed E-state index contributed by atoms with van der Waals surface area (Å²) in [6.45, 7) is 6.68. The molecule has 1 saturated heterocycles. The van der Waals surface area contributed by atoms with Gasteiger partial charge < -0.3 is 43.5 Å². The maximum Gasteiger partial charge on any atom is 0.417 e. The molecule has 2 fully saturated rings. The monoisotopic (exact) mass is 982 g/mol. The molecule has 1 saturated carbocycles. The fraction of sp³-hybridized carbons (Fsp3) is 0.491. The molecule has 0 spiro atoms. The average Bonchev–Trinajstić information content (AvgIpc) is 3.38. The molecule has 4 aromatic rings. The third kappa shape index (κ3) is 10.6. The third-order valence-electron chi connectivity index (χ3n) is 13.9. The molecule has 3 heterocycles. The van der Waals surface area contributed by atoms with Gasteiger partial charge in [0.2, 0.25) is 22.1 Å². The first kappa shape index (κ1) is 50.8. The lowest BCUT2D eigenvalue weighted by Crippen LogP contribution is -2.70. The largest absolute Gasteiger partial charge is 0.497 e. The van der Waals surface area contributed by atoms with Gasteiger partial charge in [0.25, 0.3) is 0 Å². The number of nitrogens with zero attached hydrogens (tertiary/aromatic N) is 3. The number of sulfonamides is 1. The molecule has 3 N–H and O–H groups in total. The predicted octanol–water partition coefficient (Wildman–Crippen LogP) is 9.12. The number of aliphatic hydroxyl groups is 2. The molecule has 70 heavy (non-hydrogen) atoms. The molecule has 4 aliphatic rings. The predicted molar refractivity (Wildman–Crippen MR) is 265 cm³/mol. The van der Waals surface area contributed by atoms with Crippen LogP contribution in [0.5, 0.6) is 23.0 Å². The number of oxime groups is 1. The van der Waals surface area contributed by atoms with E-state index in [0.29, 0.717) is 84.7 Å². The molecular weight excluding hydrogens is 917 g/mol. The van der Waals surface area contributed by atoms with Gasteiger partial charge in [-0.2, -0.15) is 4.31 Å². The lowest BCUT2D eigenvalue weighted by atomic mass is 9.55. The number of fused-ring (bicyclic) bond motifs is 3. The number of aliphatic hydroxyl groups excluding tert-OH is 2. The summed E-state index contributed by atoms with van der Waals surface area (Å²) < 4.78 is 70.2. The summed E-state index contributed by atoms with van der Waals surface area (Å²) in [5.74, 6) is -1.39. The van der Waals surface area contributed by atoms with E-state index in [-0.39, 0.29) is 55.3 Å². The van der Waals surface area contributed by atoms with E-state index >= 15 is 8.42 Å². The third-order valence-corrected chi connectivity index (χ3v) is 15.8. The maximum atomic E-state index is 15.7. The number of carbonyl (C=O) groups is 1. The van der Waals surface area contributed by atoms with Gasteiger partial charge in [0, 0.05) is 61.7 Å². The zero-order valence-electron chi connectivity index (χ0n) is 40.3. The Morgan fingerprint density at radius 2 is 1.80 bits per heavy atom. The number of amides is 1. The minimum Gasteiger partial charge on any atom is -0.497 e. The number of hydrogen-bond donors (Lipinski definition) is 3. The molecule has 7 atom stereocenters. The highest BCUT2D eigenvalue weighted by Crippen LogP contribution is 2.62. The molecule has 17 heteroatoms. The van der Waals surface area contributed by atoms with Gasteiger partial charge >= 0.3 is 6.09 Å². The fourth-order valence-corrected chi connectivity index (χ4v) is 12.7. The molecule has 0 radical (unpaired) electrons. The number of unbranched alkanes of at least 4 members (excludes halogenated alkanes) is 2. The van der Waals surface area contributed by atoms with Crippen LogP contribution in [0.1, 0.15) is 89.0 Å². The van der Waals surface area contributed by atoms with Crippen molar-refractivity contribution in [1.29, 1.82) is 0 Å². The van der Waals surface area contributed by atoms with Crippen LogP contribution < -0.4 is 24.3 Å². The Morgan fingerprint density at radius 1 is 1.00 bits per heavy atom. The number of rotatable bonds is 22. The lowest BCUT2D eigenvalue weighted by molar-refractivity contribution is -0.251. The maximum absolute atomic E-state index is 15.7. The Labute approximate surface area is 410 Å².